The number of benzene rings is 2. The van der Waals surface area contributed by atoms with Crippen LogP contribution in [0.1, 0.15) is 22.3 Å². The molecule has 5 heteroatoms. The number of nitrogens with zero attached hydrogens (tertiary/aromatic N) is 1. The minimum atomic E-state index is -0.141. The molecule has 0 saturated carbocycles. The summed E-state index contributed by atoms with van der Waals surface area (Å²) in [6, 6.07) is 17.2. The van der Waals surface area contributed by atoms with Gasteiger partial charge >= 0.3 is 0 Å². The number of rotatable bonds is 5. The van der Waals surface area contributed by atoms with Crippen molar-refractivity contribution in [2.45, 2.75) is 6.42 Å². The van der Waals surface area contributed by atoms with E-state index in [9.17, 15) is 9.59 Å². The maximum Gasteiger partial charge on any atom is 0.251 e. The van der Waals surface area contributed by atoms with Gasteiger partial charge in [0.25, 0.3) is 5.91 Å². The Morgan fingerprint density at radius 1 is 1.04 bits per heavy atom. The molecule has 1 aliphatic rings. The van der Waals surface area contributed by atoms with E-state index in [0.29, 0.717) is 17.8 Å². The van der Waals surface area contributed by atoms with E-state index in [2.05, 4.69) is 33.7 Å². The maximum absolute atomic E-state index is 12.3. The van der Waals surface area contributed by atoms with Crippen molar-refractivity contribution in [2.24, 2.45) is 0 Å². The van der Waals surface area contributed by atoms with Gasteiger partial charge in [0.15, 0.2) is 0 Å². The van der Waals surface area contributed by atoms with Crippen molar-refractivity contribution >= 4 is 23.1 Å². The summed E-state index contributed by atoms with van der Waals surface area (Å²) < 4.78 is 0. The van der Waals surface area contributed by atoms with Crippen LogP contribution in [0.15, 0.2) is 60.7 Å². The molecule has 0 radical (unpaired) electrons. The molecule has 2 aromatic carbocycles. The first kappa shape index (κ1) is 17.9. The molecule has 0 atom stereocenters. The van der Waals surface area contributed by atoms with Crippen LogP contribution in [-0.2, 0) is 4.79 Å². The van der Waals surface area contributed by atoms with E-state index in [4.69, 9.17) is 0 Å². The van der Waals surface area contributed by atoms with Crippen LogP contribution in [0, 0.1) is 0 Å². The smallest absolute Gasteiger partial charge is 0.251 e. The van der Waals surface area contributed by atoms with Gasteiger partial charge in [0.1, 0.15) is 0 Å². The number of hydrogen-bond acceptors (Lipinski definition) is 3. The number of carbonyl (C=O) groups excluding carboxylic acids is 2. The van der Waals surface area contributed by atoms with Crippen molar-refractivity contribution in [3.8, 4) is 0 Å². The number of nitrogens with one attached hydrogen (secondary N) is 2. The lowest BCUT2D eigenvalue weighted by Gasteiger charge is -2.25. The second-order valence-corrected chi connectivity index (χ2v) is 6.29. The Hall–Kier alpha value is -2.92. The zero-order valence-corrected chi connectivity index (χ0v) is 14.9. The second kappa shape index (κ2) is 8.45. The zero-order valence-electron chi connectivity index (χ0n) is 14.9. The summed E-state index contributed by atoms with van der Waals surface area (Å²) >= 11 is 0. The monoisotopic (exact) mass is 349 g/mol. The molecule has 0 aliphatic carbocycles. The second-order valence-electron chi connectivity index (χ2n) is 6.29. The third-order valence-corrected chi connectivity index (χ3v) is 4.46. The molecular formula is C21H23N3O2. The lowest BCUT2D eigenvalue weighted by molar-refractivity contribution is -0.117. The van der Waals surface area contributed by atoms with E-state index >= 15 is 0 Å². The van der Waals surface area contributed by atoms with E-state index in [-0.39, 0.29) is 11.8 Å². The predicted molar refractivity (Wildman–Crippen MR) is 104 cm³/mol. The fraction of sp³-hybridized carbons (Fsp3) is 0.238. The zero-order chi connectivity index (χ0) is 18.4. The molecule has 2 aromatic rings. The molecule has 3 rings (SSSR count). The van der Waals surface area contributed by atoms with Gasteiger partial charge < -0.3 is 10.6 Å². The summed E-state index contributed by atoms with van der Waals surface area (Å²) in [5.74, 6) is -0.188. The summed E-state index contributed by atoms with van der Waals surface area (Å²) in [5.41, 5.74) is 3.86. The van der Waals surface area contributed by atoms with Gasteiger partial charge in [-0.2, -0.15) is 0 Å². The summed E-state index contributed by atoms with van der Waals surface area (Å²) in [6.07, 6.45) is 3.14. The van der Waals surface area contributed by atoms with Gasteiger partial charge in [-0.1, -0.05) is 36.4 Å². The fourth-order valence-electron chi connectivity index (χ4n) is 3.02. The number of amides is 2. The van der Waals surface area contributed by atoms with Crippen LogP contribution in [-0.4, -0.2) is 43.4 Å². The predicted octanol–water partition coefficient (Wildman–Crippen LogP) is 2.77. The van der Waals surface area contributed by atoms with Crippen LogP contribution >= 0.6 is 0 Å². The molecule has 0 fully saturated rings. The van der Waals surface area contributed by atoms with Crippen LogP contribution in [0.5, 0.6) is 0 Å². The van der Waals surface area contributed by atoms with E-state index in [1.54, 1.807) is 31.3 Å². The van der Waals surface area contributed by atoms with Gasteiger partial charge in [0.05, 0.1) is 6.54 Å². The van der Waals surface area contributed by atoms with Crippen LogP contribution < -0.4 is 10.6 Å². The highest BCUT2D eigenvalue weighted by molar-refractivity contribution is 5.96. The minimum Gasteiger partial charge on any atom is -0.355 e. The average Bonchev–Trinajstić information content (AvgIpc) is 2.69. The molecule has 134 valence electrons. The largest absolute Gasteiger partial charge is 0.355 e. The van der Waals surface area contributed by atoms with E-state index in [1.165, 1.54) is 11.1 Å². The molecule has 2 N–H and O–H groups in total. The van der Waals surface area contributed by atoms with Crippen LogP contribution in [0.4, 0.5) is 5.69 Å². The Kier molecular flexibility index (Phi) is 5.81. The molecule has 0 bridgehead atoms. The highest BCUT2D eigenvalue weighted by atomic mass is 16.2. The van der Waals surface area contributed by atoms with Gasteiger partial charge in [-0.3, -0.25) is 14.5 Å². The molecule has 0 unspecified atom stereocenters. The summed E-state index contributed by atoms with van der Waals surface area (Å²) in [4.78, 5) is 25.9. The highest BCUT2D eigenvalue weighted by Gasteiger charge is 2.15. The summed E-state index contributed by atoms with van der Waals surface area (Å²) in [7, 11) is 1.59. The van der Waals surface area contributed by atoms with Crippen LogP contribution in [0.2, 0.25) is 0 Å². The van der Waals surface area contributed by atoms with Crippen LogP contribution in [0.25, 0.3) is 5.57 Å². The lowest BCUT2D eigenvalue weighted by atomic mass is 10.00. The minimum absolute atomic E-state index is 0.0470. The fourth-order valence-corrected chi connectivity index (χ4v) is 3.02. The summed E-state index contributed by atoms with van der Waals surface area (Å²) in [5, 5.41) is 5.46. The Bertz CT molecular complexity index is 798. The Labute approximate surface area is 153 Å². The van der Waals surface area contributed by atoms with Crippen molar-refractivity contribution in [1.29, 1.82) is 0 Å². The Balaban J connectivity index is 1.51. The average molecular weight is 349 g/mol. The van der Waals surface area contributed by atoms with Crippen molar-refractivity contribution in [1.82, 2.24) is 10.2 Å². The highest BCUT2D eigenvalue weighted by Crippen LogP contribution is 2.21. The van der Waals surface area contributed by atoms with E-state index < -0.39 is 0 Å². The van der Waals surface area contributed by atoms with Crippen LogP contribution in [0.3, 0.4) is 0 Å². The normalized spacial score (nSPS) is 14.4. The van der Waals surface area contributed by atoms with Gasteiger partial charge in [-0.25, -0.2) is 0 Å². The molecule has 2 amide bonds. The molecule has 26 heavy (non-hydrogen) atoms. The third-order valence-electron chi connectivity index (χ3n) is 4.46. The van der Waals surface area contributed by atoms with Gasteiger partial charge in [0, 0.05) is 31.4 Å². The molecule has 1 heterocycles. The van der Waals surface area contributed by atoms with Crippen molar-refractivity contribution in [3.05, 3.63) is 71.8 Å². The van der Waals surface area contributed by atoms with Crippen molar-refractivity contribution in [3.63, 3.8) is 0 Å². The van der Waals surface area contributed by atoms with E-state index in [0.717, 1.165) is 19.5 Å². The lowest BCUT2D eigenvalue weighted by Crippen LogP contribution is -2.36. The quantitative estimate of drug-likeness (QED) is 0.873. The maximum atomic E-state index is 12.3. The summed E-state index contributed by atoms with van der Waals surface area (Å²) in [6.45, 7) is 1.99. The van der Waals surface area contributed by atoms with Gasteiger partial charge in [-0.15, -0.1) is 0 Å². The molecule has 0 saturated heterocycles. The molecule has 1 aliphatic heterocycles. The molecule has 0 aromatic heterocycles. The third kappa shape index (κ3) is 4.58. The molecule has 0 spiro atoms. The first-order valence-electron chi connectivity index (χ1n) is 8.74. The molecular weight excluding hydrogens is 326 g/mol. The number of anilines is 1. The SMILES string of the molecule is CNC(=O)c1ccc(NC(=O)CN2CC=C(c3ccccc3)CC2)cc1. The number of carbonyl (C=O) groups is 2. The Morgan fingerprint density at radius 3 is 2.38 bits per heavy atom. The first-order valence-corrected chi connectivity index (χ1v) is 8.74. The van der Waals surface area contributed by atoms with Crippen molar-refractivity contribution in [2.75, 3.05) is 32.0 Å². The van der Waals surface area contributed by atoms with Crippen molar-refractivity contribution < 1.29 is 9.59 Å². The topological polar surface area (TPSA) is 61.4 Å². The number of hydrogen-bond donors (Lipinski definition) is 2. The van der Waals surface area contributed by atoms with Gasteiger partial charge in [-0.05, 0) is 41.8 Å². The first-order chi connectivity index (χ1) is 12.7. The van der Waals surface area contributed by atoms with Gasteiger partial charge in [0.2, 0.25) is 5.91 Å². The van der Waals surface area contributed by atoms with E-state index in [1.807, 2.05) is 18.2 Å². The standard InChI is InChI=1S/C21H23N3O2/c1-22-21(26)18-7-9-19(10-8-18)23-20(25)15-24-13-11-17(12-14-24)16-5-3-2-4-6-16/h2-11H,12-15H2,1H3,(H,22,26)(H,23,25). The Morgan fingerprint density at radius 2 is 1.77 bits per heavy atom. The molecule has 5 nitrogen and oxygen atoms in total.